The second kappa shape index (κ2) is 5.08. The van der Waals surface area contributed by atoms with Gasteiger partial charge < -0.3 is 9.72 Å². The van der Waals surface area contributed by atoms with Gasteiger partial charge in [-0.3, -0.25) is 0 Å². The lowest BCUT2D eigenvalue weighted by Crippen LogP contribution is -2.04. The third-order valence-corrected chi connectivity index (χ3v) is 2.49. The zero-order chi connectivity index (χ0) is 13.1. The molecule has 90 valence electrons. The normalized spacial score (nSPS) is 11.8. The van der Waals surface area contributed by atoms with E-state index in [1.54, 1.807) is 31.3 Å². The fraction of sp³-hybridized carbons (Fsp3) is 0.154. The maximum Gasteiger partial charge on any atom is 0.367 e. The van der Waals surface area contributed by atoms with Crippen molar-refractivity contribution in [3.05, 3.63) is 35.8 Å². The molecule has 0 fully saturated rings. The van der Waals surface area contributed by atoms with Crippen LogP contribution in [0.5, 0.6) is 0 Å². The summed E-state index contributed by atoms with van der Waals surface area (Å²) in [6.45, 7) is 1.76. The Morgan fingerprint density at radius 2 is 2.33 bits per heavy atom. The number of carbonyl (C=O) groups is 1. The van der Waals surface area contributed by atoms with E-state index in [1.807, 2.05) is 0 Å². The summed E-state index contributed by atoms with van der Waals surface area (Å²) in [5.41, 5.74) is 1.96. The second-order valence-electron chi connectivity index (χ2n) is 3.76. The third-order valence-electron chi connectivity index (χ3n) is 2.49. The van der Waals surface area contributed by atoms with E-state index in [0.717, 1.165) is 17.0 Å². The summed E-state index contributed by atoms with van der Waals surface area (Å²) in [5.74, 6) is -1.89. The molecule has 3 nitrogen and oxygen atoms in total. The second-order valence-corrected chi connectivity index (χ2v) is 3.76. The number of carbonyl (C=O) groups excluding carboxylic acids is 1. The molecule has 1 N–H and O–H groups in total. The number of aromatic nitrogens is 1. The van der Waals surface area contributed by atoms with Gasteiger partial charge in [0.05, 0.1) is 6.61 Å². The summed E-state index contributed by atoms with van der Waals surface area (Å²) in [6, 6.07) is 5.26. The van der Waals surface area contributed by atoms with Crippen LogP contribution in [0.4, 0.5) is 4.39 Å². The smallest absolute Gasteiger partial charge is 0.367 e. The van der Waals surface area contributed by atoms with Gasteiger partial charge in [-0.25, -0.2) is 4.79 Å². The number of benzene rings is 1. The Hall–Kier alpha value is -2.04. The summed E-state index contributed by atoms with van der Waals surface area (Å²) in [4.78, 5) is 14.1. The maximum absolute atomic E-state index is 13.5. The van der Waals surface area contributed by atoms with Crippen LogP contribution in [0.2, 0.25) is 0 Å². The Kier molecular flexibility index (Phi) is 3.51. The van der Waals surface area contributed by atoms with E-state index in [0.29, 0.717) is 11.0 Å². The van der Waals surface area contributed by atoms with Gasteiger partial charge in [0.15, 0.2) is 0 Å². The molecule has 0 amide bonds. The summed E-state index contributed by atoms with van der Waals surface area (Å²) < 4.78 is 18.1. The summed E-state index contributed by atoms with van der Waals surface area (Å²) >= 11 is 0. The number of esters is 1. The SMILES string of the molecule is [B]c1ccc2[nH]cc(/C=C(/F)C(=O)OCC)c2c1. The van der Waals surface area contributed by atoms with Crippen molar-refractivity contribution in [1.29, 1.82) is 0 Å². The lowest BCUT2D eigenvalue weighted by molar-refractivity contribution is -0.140. The third kappa shape index (κ3) is 2.45. The van der Waals surface area contributed by atoms with Crippen LogP contribution in [0.1, 0.15) is 12.5 Å². The molecular weight excluding hydrogens is 232 g/mol. The number of fused-ring (bicyclic) bond motifs is 1. The number of hydrogen-bond donors (Lipinski definition) is 1. The molecule has 0 bridgehead atoms. The van der Waals surface area contributed by atoms with Crippen LogP contribution in [0.3, 0.4) is 0 Å². The minimum atomic E-state index is -0.962. The van der Waals surface area contributed by atoms with Crippen molar-refractivity contribution in [3.8, 4) is 0 Å². The van der Waals surface area contributed by atoms with Crippen LogP contribution < -0.4 is 5.46 Å². The van der Waals surface area contributed by atoms with E-state index >= 15 is 0 Å². The molecular formula is C13H11BFNO2. The maximum atomic E-state index is 13.5. The van der Waals surface area contributed by atoms with Crippen molar-refractivity contribution in [2.45, 2.75) is 6.92 Å². The van der Waals surface area contributed by atoms with Crippen LogP contribution >= 0.6 is 0 Å². The molecule has 1 aromatic carbocycles. The lowest BCUT2D eigenvalue weighted by Gasteiger charge is -1.98. The van der Waals surface area contributed by atoms with E-state index in [2.05, 4.69) is 9.72 Å². The number of rotatable bonds is 3. The zero-order valence-corrected chi connectivity index (χ0v) is 9.87. The molecule has 0 aliphatic carbocycles. The van der Waals surface area contributed by atoms with Gasteiger partial charge in [-0.1, -0.05) is 17.6 Å². The predicted molar refractivity (Wildman–Crippen MR) is 69.4 cm³/mol. The van der Waals surface area contributed by atoms with Crippen molar-refractivity contribution in [2.24, 2.45) is 0 Å². The van der Waals surface area contributed by atoms with Crippen LogP contribution in [-0.4, -0.2) is 25.4 Å². The molecule has 0 saturated carbocycles. The van der Waals surface area contributed by atoms with Gasteiger partial charge in [0.1, 0.15) is 7.85 Å². The number of ether oxygens (including phenoxy) is 1. The van der Waals surface area contributed by atoms with Gasteiger partial charge >= 0.3 is 5.97 Å². The summed E-state index contributed by atoms with van der Waals surface area (Å²) in [7, 11) is 5.67. The highest BCUT2D eigenvalue weighted by molar-refractivity contribution is 6.33. The number of aromatic amines is 1. The molecule has 2 aromatic rings. The minimum absolute atomic E-state index is 0.140. The molecule has 0 aliphatic rings. The molecule has 0 spiro atoms. The first-order valence-corrected chi connectivity index (χ1v) is 5.52. The number of hydrogen-bond acceptors (Lipinski definition) is 2. The van der Waals surface area contributed by atoms with Gasteiger partial charge in [-0.05, 0) is 19.1 Å². The van der Waals surface area contributed by atoms with Crippen LogP contribution in [0.15, 0.2) is 30.2 Å². The molecule has 2 rings (SSSR count). The number of nitrogens with one attached hydrogen (secondary N) is 1. The monoisotopic (exact) mass is 243 g/mol. The van der Waals surface area contributed by atoms with E-state index in [4.69, 9.17) is 7.85 Å². The first kappa shape index (κ1) is 12.4. The van der Waals surface area contributed by atoms with Crippen molar-refractivity contribution in [2.75, 3.05) is 6.61 Å². The predicted octanol–water partition coefficient (Wildman–Crippen LogP) is 1.84. The van der Waals surface area contributed by atoms with Crippen LogP contribution in [-0.2, 0) is 9.53 Å². The van der Waals surface area contributed by atoms with Crippen molar-refractivity contribution >= 4 is 36.3 Å². The van der Waals surface area contributed by atoms with Gasteiger partial charge in [0.2, 0.25) is 5.83 Å². The van der Waals surface area contributed by atoms with Gasteiger partial charge in [0, 0.05) is 22.7 Å². The van der Waals surface area contributed by atoms with Crippen LogP contribution in [0.25, 0.3) is 17.0 Å². The Labute approximate surface area is 105 Å². The molecule has 0 unspecified atom stereocenters. The minimum Gasteiger partial charge on any atom is -0.461 e. The quantitative estimate of drug-likeness (QED) is 0.507. The van der Waals surface area contributed by atoms with Gasteiger partial charge in [-0.2, -0.15) is 4.39 Å². The standard InChI is InChI=1S/C13H11BFNO2/c1-2-18-13(17)11(15)5-8-7-16-12-4-3-9(14)6-10(8)12/h3-7,16H,2H2,1H3/b11-5+. The molecule has 18 heavy (non-hydrogen) atoms. The first-order chi connectivity index (χ1) is 8.61. The summed E-state index contributed by atoms with van der Waals surface area (Å²) in [6.07, 6.45) is 2.75. The zero-order valence-electron chi connectivity index (χ0n) is 9.87. The summed E-state index contributed by atoms with van der Waals surface area (Å²) in [5, 5.41) is 0.759. The number of halogens is 1. The first-order valence-electron chi connectivity index (χ1n) is 5.52. The van der Waals surface area contributed by atoms with Crippen molar-refractivity contribution < 1.29 is 13.9 Å². The fourth-order valence-electron chi connectivity index (χ4n) is 1.67. The van der Waals surface area contributed by atoms with Crippen molar-refractivity contribution in [1.82, 2.24) is 4.98 Å². The average Bonchev–Trinajstić information content (AvgIpc) is 2.72. The van der Waals surface area contributed by atoms with E-state index in [1.165, 1.54) is 0 Å². The van der Waals surface area contributed by atoms with Gasteiger partial charge in [0.25, 0.3) is 0 Å². The lowest BCUT2D eigenvalue weighted by atomic mass is 9.94. The Morgan fingerprint density at radius 1 is 1.56 bits per heavy atom. The highest BCUT2D eigenvalue weighted by Crippen LogP contribution is 2.20. The topological polar surface area (TPSA) is 42.1 Å². The molecule has 0 atom stereocenters. The Morgan fingerprint density at radius 3 is 3.06 bits per heavy atom. The number of H-pyrrole nitrogens is 1. The molecule has 0 aliphatic heterocycles. The molecule has 0 saturated heterocycles. The average molecular weight is 243 g/mol. The molecule has 1 heterocycles. The van der Waals surface area contributed by atoms with E-state index in [9.17, 15) is 9.18 Å². The van der Waals surface area contributed by atoms with Crippen molar-refractivity contribution in [3.63, 3.8) is 0 Å². The fourth-order valence-corrected chi connectivity index (χ4v) is 1.67. The molecule has 2 radical (unpaired) electrons. The Bertz CT molecular complexity index is 618. The van der Waals surface area contributed by atoms with E-state index < -0.39 is 11.8 Å². The highest BCUT2D eigenvalue weighted by Gasteiger charge is 2.11. The Balaban J connectivity index is 2.39. The largest absolute Gasteiger partial charge is 0.461 e. The van der Waals surface area contributed by atoms with Crippen LogP contribution in [0, 0.1) is 0 Å². The molecule has 1 aromatic heterocycles. The highest BCUT2D eigenvalue weighted by atomic mass is 19.1. The molecule has 5 heteroatoms. The van der Waals surface area contributed by atoms with E-state index in [-0.39, 0.29) is 6.61 Å². The van der Waals surface area contributed by atoms with Gasteiger partial charge in [-0.15, -0.1) is 0 Å².